The number of piperidine rings is 1. The van der Waals surface area contributed by atoms with Crippen molar-refractivity contribution in [3.63, 3.8) is 0 Å². The number of aromatic amines is 1. The number of aromatic nitrogens is 1. The second-order valence-electron chi connectivity index (χ2n) is 9.74. The summed E-state index contributed by atoms with van der Waals surface area (Å²) in [5, 5.41) is 12.4. The van der Waals surface area contributed by atoms with E-state index in [9.17, 15) is 23.9 Å². The Morgan fingerprint density at radius 3 is 2.15 bits per heavy atom. The molecule has 1 aliphatic heterocycles. The smallest absolute Gasteiger partial charge is 0.274 e. The Morgan fingerprint density at radius 2 is 1.55 bits per heavy atom. The van der Waals surface area contributed by atoms with Gasteiger partial charge in [0.1, 0.15) is 11.5 Å². The number of aliphatic hydroxyl groups is 1. The van der Waals surface area contributed by atoms with E-state index in [1.54, 1.807) is 86.0 Å². The number of H-pyrrole nitrogens is 1. The van der Waals surface area contributed by atoms with Gasteiger partial charge in [0, 0.05) is 54.4 Å². The third-order valence-electron chi connectivity index (χ3n) is 7.07. The van der Waals surface area contributed by atoms with E-state index in [1.165, 1.54) is 11.0 Å². The Hall–Kier alpha value is -4.76. The fraction of sp³-hybridized carbons (Fsp3) is 0.194. The van der Waals surface area contributed by atoms with E-state index in [-0.39, 0.29) is 23.4 Å². The van der Waals surface area contributed by atoms with Gasteiger partial charge < -0.3 is 25.2 Å². The number of ketones is 1. The minimum absolute atomic E-state index is 0.179. The van der Waals surface area contributed by atoms with Gasteiger partial charge in [0.2, 0.25) is 0 Å². The highest BCUT2D eigenvalue weighted by molar-refractivity contribution is 6.10. The van der Waals surface area contributed by atoms with Gasteiger partial charge in [-0.1, -0.05) is 0 Å². The molecule has 0 atom stereocenters. The first-order valence-corrected chi connectivity index (χ1v) is 13.0. The van der Waals surface area contributed by atoms with Gasteiger partial charge in [0.15, 0.2) is 5.78 Å². The first kappa shape index (κ1) is 26.8. The number of halogens is 1. The van der Waals surface area contributed by atoms with Crippen LogP contribution < -0.4 is 15.1 Å². The molecule has 0 bridgehead atoms. The van der Waals surface area contributed by atoms with Gasteiger partial charge in [-0.3, -0.25) is 14.4 Å². The van der Waals surface area contributed by atoms with E-state index in [2.05, 4.69) is 10.3 Å². The maximum Gasteiger partial charge on any atom is 0.274 e. The van der Waals surface area contributed by atoms with Gasteiger partial charge in [-0.15, -0.1) is 0 Å². The summed E-state index contributed by atoms with van der Waals surface area (Å²) in [6, 6.07) is 21.0. The number of amides is 2. The molecule has 40 heavy (non-hydrogen) atoms. The zero-order valence-corrected chi connectivity index (χ0v) is 21.9. The minimum Gasteiger partial charge on any atom is -0.393 e. The largest absolute Gasteiger partial charge is 0.393 e. The SMILES string of the molecule is CN(C(=O)c1ccc[nH]1)c1ccc(C(=O)c2ccc(NC(=O)c3ccc(N4CCC(O)CC4)c(F)c3)cc2)cc1. The van der Waals surface area contributed by atoms with Crippen LogP contribution in [0.5, 0.6) is 0 Å². The molecule has 0 aliphatic carbocycles. The van der Waals surface area contributed by atoms with Gasteiger partial charge in [-0.25, -0.2) is 4.39 Å². The van der Waals surface area contributed by atoms with Crippen molar-refractivity contribution in [2.24, 2.45) is 0 Å². The molecular formula is C31H29FN4O4. The first-order chi connectivity index (χ1) is 19.3. The van der Waals surface area contributed by atoms with Crippen molar-refractivity contribution in [3.8, 4) is 0 Å². The molecule has 9 heteroatoms. The van der Waals surface area contributed by atoms with Crippen molar-refractivity contribution in [3.05, 3.63) is 113 Å². The number of nitrogens with zero attached hydrogens (tertiary/aromatic N) is 2. The van der Waals surface area contributed by atoms with E-state index >= 15 is 0 Å². The van der Waals surface area contributed by atoms with Gasteiger partial charge in [0.05, 0.1) is 11.8 Å². The van der Waals surface area contributed by atoms with Crippen LogP contribution >= 0.6 is 0 Å². The Morgan fingerprint density at radius 1 is 0.925 bits per heavy atom. The summed E-state index contributed by atoms with van der Waals surface area (Å²) in [4.78, 5) is 44.5. The third-order valence-corrected chi connectivity index (χ3v) is 7.07. The molecule has 0 saturated carbocycles. The topological polar surface area (TPSA) is 106 Å². The lowest BCUT2D eigenvalue weighted by Gasteiger charge is -2.31. The number of rotatable bonds is 7. The monoisotopic (exact) mass is 540 g/mol. The number of anilines is 3. The molecule has 2 heterocycles. The summed E-state index contributed by atoms with van der Waals surface area (Å²) in [5.74, 6) is -1.35. The summed E-state index contributed by atoms with van der Waals surface area (Å²) < 4.78 is 14.8. The summed E-state index contributed by atoms with van der Waals surface area (Å²) in [7, 11) is 1.66. The highest BCUT2D eigenvalue weighted by Gasteiger charge is 2.21. The van der Waals surface area contributed by atoms with Crippen LogP contribution in [0.3, 0.4) is 0 Å². The lowest BCUT2D eigenvalue weighted by atomic mass is 10.0. The number of carbonyl (C=O) groups is 3. The van der Waals surface area contributed by atoms with Crippen molar-refractivity contribution in [1.82, 2.24) is 4.98 Å². The molecule has 1 fully saturated rings. The maximum atomic E-state index is 14.8. The van der Waals surface area contributed by atoms with Gasteiger partial charge in [0.25, 0.3) is 11.8 Å². The number of nitrogens with one attached hydrogen (secondary N) is 2. The standard InChI is InChI=1S/C31H29FN4O4/c1-35(31(40)27-3-2-16-33-27)24-11-6-21(7-12-24)29(38)20-4-9-23(10-5-20)34-30(39)22-8-13-28(26(32)19-22)36-17-14-25(37)15-18-36/h2-13,16,19,25,33,37H,14-15,17-18H2,1H3,(H,34,39). The molecule has 3 N–H and O–H groups in total. The third kappa shape index (κ3) is 5.79. The van der Waals surface area contributed by atoms with E-state index in [4.69, 9.17) is 0 Å². The Bertz CT molecular complexity index is 1510. The Kier molecular flexibility index (Phi) is 7.75. The van der Waals surface area contributed by atoms with E-state index in [1.807, 2.05) is 4.90 Å². The lowest BCUT2D eigenvalue weighted by molar-refractivity contribution is 0.0986. The van der Waals surface area contributed by atoms with Crippen LogP contribution in [0.4, 0.5) is 21.5 Å². The molecule has 5 rings (SSSR count). The number of hydrogen-bond donors (Lipinski definition) is 3. The molecule has 0 radical (unpaired) electrons. The molecule has 2 amide bonds. The highest BCUT2D eigenvalue weighted by Crippen LogP contribution is 2.25. The second-order valence-corrected chi connectivity index (χ2v) is 9.74. The minimum atomic E-state index is -0.490. The zero-order valence-electron chi connectivity index (χ0n) is 21.9. The van der Waals surface area contributed by atoms with E-state index in [0.717, 1.165) is 0 Å². The van der Waals surface area contributed by atoms with Crippen molar-refractivity contribution in [2.45, 2.75) is 18.9 Å². The molecule has 1 aromatic heterocycles. The van der Waals surface area contributed by atoms with Crippen LogP contribution in [0.1, 0.15) is 49.6 Å². The van der Waals surface area contributed by atoms with Crippen LogP contribution in [0.2, 0.25) is 0 Å². The summed E-state index contributed by atoms with van der Waals surface area (Å²) >= 11 is 0. The average molecular weight is 541 g/mol. The van der Waals surface area contributed by atoms with Gasteiger partial charge >= 0.3 is 0 Å². The predicted molar refractivity (Wildman–Crippen MR) is 152 cm³/mol. The molecule has 1 aliphatic rings. The average Bonchev–Trinajstić information content (AvgIpc) is 3.52. The summed E-state index contributed by atoms with van der Waals surface area (Å²) in [5.41, 5.74) is 3.07. The van der Waals surface area contributed by atoms with E-state index in [0.29, 0.717) is 59.8 Å². The molecule has 0 unspecified atom stereocenters. The Labute approximate surface area is 231 Å². The predicted octanol–water partition coefficient (Wildman–Crippen LogP) is 4.87. The van der Waals surface area contributed by atoms with Crippen LogP contribution in [0.25, 0.3) is 0 Å². The fourth-order valence-electron chi connectivity index (χ4n) is 4.68. The van der Waals surface area contributed by atoms with Crippen molar-refractivity contribution < 1.29 is 23.9 Å². The molecule has 8 nitrogen and oxygen atoms in total. The maximum absolute atomic E-state index is 14.8. The molecular weight excluding hydrogens is 511 g/mol. The van der Waals surface area contributed by atoms with Crippen LogP contribution in [-0.4, -0.2) is 53.9 Å². The summed E-state index contributed by atoms with van der Waals surface area (Å²) in [6.07, 6.45) is 2.49. The van der Waals surface area contributed by atoms with E-state index < -0.39 is 11.7 Å². The molecule has 3 aromatic carbocycles. The fourth-order valence-corrected chi connectivity index (χ4v) is 4.68. The normalized spacial score (nSPS) is 13.6. The van der Waals surface area contributed by atoms with Gasteiger partial charge in [-0.2, -0.15) is 0 Å². The lowest BCUT2D eigenvalue weighted by Crippen LogP contribution is -2.36. The van der Waals surface area contributed by atoms with Crippen molar-refractivity contribution in [1.29, 1.82) is 0 Å². The summed E-state index contributed by atoms with van der Waals surface area (Å²) in [6.45, 7) is 1.12. The van der Waals surface area contributed by atoms with Crippen LogP contribution in [0, 0.1) is 5.82 Å². The van der Waals surface area contributed by atoms with Crippen molar-refractivity contribution in [2.75, 3.05) is 35.3 Å². The number of benzene rings is 3. The van der Waals surface area contributed by atoms with Crippen LogP contribution in [-0.2, 0) is 0 Å². The molecule has 204 valence electrons. The quantitative estimate of drug-likeness (QED) is 0.290. The number of carbonyl (C=O) groups excluding carboxylic acids is 3. The zero-order chi connectivity index (χ0) is 28.2. The highest BCUT2D eigenvalue weighted by atomic mass is 19.1. The second kappa shape index (κ2) is 11.5. The van der Waals surface area contributed by atoms with Gasteiger partial charge in [-0.05, 0) is 91.7 Å². The Balaban J connectivity index is 1.20. The number of hydrogen-bond acceptors (Lipinski definition) is 5. The van der Waals surface area contributed by atoms with Crippen LogP contribution in [0.15, 0.2) is 85.1 Å². The molecule has 4 aromatic rings. The molecule has 0 spiro atoms. The number of aliphatic hydroxyl groups excluding tert-OH is 1. The molecule has 1 saturated heterocycles. The first-order valence-electron chi connectivity index (χ1n) is 13.0. The van der Waals surface area contributed by atoms with Crippen molar-refractivity contribution >= 4 is 34.7 Å².